The van der Waals surface area contributed by atoms with Crippen molar-refractivity contribution in [2.75, 3.05) is 5.32 Å². The summed E-state index contributed by atoms with van der Waals surface area (Å²) in [7, 11) is 0. The van der Waals surface area contributed by atoms with Crippen LogP contribution in [0.1, 0.15) is 18.5 Å². The number of nitrogens with one attached hydrogen (secondary N) is 3. The lowest BCUT2D eigenvalue weighted by atomic mass is 9.95. The van der Waals surface area contributed by atoms with Gasteiger partial charge in [0.1, 0.15) is 11.6 Å². The summed E-state index contributed by atoms with van der Waals surface area (Å²) in [6.07, 6.45) is 0. The minimum atomic E-state index is -0.463. The number of rotatable bonds is 3. The molecule has 25 heavy (non-hydrogen) atoms. The number of allylic oxidation sites excluding steroid dienone is 1. The van der Waals surface area contributed by atoms with Gasteiger partial charge in [-0.25, -0.2) is 4.39 Å². The lowest BCUT2D eigenvalue weighted by molar-refractivity contribution is -0.113. The fourth-order valence-corrected chi connectivity index (χ4v) is 2.91. The Labute approximate surface area is 149 Å². The van der Waals surface area contributed by atoms with Crippen molar-refractivity contribution < 1.29 is 14.3 Å². The monoisotopic (exact) mass is 357 g/mol. The molecule has 0 radical (unpaired) electrons. The maximum absolute atomic E-state index is 13.0. The van der Waals surface area contributed by atoms with Crippen molar-refractivity contribution in [3.8, 4) is 5.75 Å². The molecule has 2 aromatic rings. The first-order chi connectivity index (χ1) is 11.9. The zero-order valence-corrected chi connectivity index (χ0v) is 14.2. The molecule has 0 saturated heterocycles. The second kappa shape index (κ2) is 6.90. The second-order valence-electron chi connectivity index (χ2n) is 5.62. The highest BCUT2D eigenvalue weighted by Gasteiger charge is 2.29. The van der Waals surface area contributed by atoms with Gasteiger partial charge in [-0.3, -0.25) is 4.79 Å². The summed E-state index contributed by atoms with van der Waals surface area (Å²) in [6, 6.07) is 11.6. The van der Waals surface area contributed by atoms with Crippen LogP contribution in [0.2, 0.25) is 0 Å². The maximum Gasteiger partial charge on any atom is 0.255 e. The molecule has 1 amide bonds. The molecule has 128 valence electrons. The number of amides is 1. The number of phenols is 1. The average molecular weight is 357 g/mol. The molecule has 0 aliphatic carbocycles. The fraction of sp³-hybridized carbons (Fsp3) is 0.111. The average Bonchev–Trinajstić information content (AvgIpc) is 2.57. The Morgan fingerprint density at radius 2 is 1.80 bits per heavy atom. The number of benzene rings is 2. The van der Waals surface area contributed by atoms with E-state index in [1.165, 1.54) is 24.3 Å². The molecule has 0 spiro atoms. The van der Waals surface area contributed by atoms with Gasteiger partial charge < -0.3 is 21.1 Å². The Kier molecular flexibility index (Phi) is 4.67. The van der Waals surface area contributed by atoms with Gasteiger partial charge in [-0.2, -0.15) is 0 Å². The van der Waals surface area contributed by atoms with Crippen molar-refractivity contribution in [1.82, 2.24) is 10.6 Å². The van der Waals surface area contributed by atoms with E-state index in [2.05, 4.69) is 16.0 Å². The van der Waals surface area contributed by atoms with Crippen molar-refractivity contribution >= 4 is 28.9 Å². The first-order valence-electron chi connectivity index (χ1n) is 7.58. The standard InChI is InChI=1S/C18H16FN3O2S/c1-10-15(17(24)21-13-6-4-12(19)5-7-13)16(22-18(25)20-10)11-2-8-14(23)9-3-11/h2-9,16,23H,1H3,(H,21,24)(H2,20,22,25)/t16-/m0/s1. The minimum Gasteiger partial charge on any atom is -0.508 e. The van der Waals surface area contributed by atoms with Crippen LogP contribution < -0.4 is 16.0 Å². The molecule has 1 atom stereocenters. The molecule has 2 aromatic carbocycles. The molecule has 0 aromatic heterocycles. The first kappa shape index (κ1) is 16.9. The number of carbonyl (C=O) groups excluding carboxylic acids is 1. The topological polar surface area (TPSA) is 73.4 Å². The molecule has 0 bridgehead atoms. The first-order valence-corrected chi connectivity index (χ1v) is 7.99. The Morgan fingerprint density at radius 1 is 1.16 bits per heavy atom. The van der Waals surface area contributed by atoms with E-state index in [4.69, 9.17) is 12.2 Å². The van der Waals surface area contributed by atoms with Gasteiger partial charge in [-0.05, 0) is 61.1 Å². The van der Waals surface area contributed by atoms with Crippen molar-refractivity contribution in [3.05, 3.63) is 71.2 Å². The Morgan fingerprint density at radius 3 is 2.44 bits per heavy atom. The van der Waals surface area contributed by atoms with Gasteiger partial charge >= 0.3 is 0 Å². The van der Waals surface area contributed by atoms with Gasteiger partial charge in [0.25, 0.3) is 5.91 Å². The van der Waals surface area contributed by atoms with E-state index in [0.29, 0.717) is 22.1 Å². The number of carbonyl (C=O) groups is 1. The number of hydrogen-bond acceptors (Lipinski definition) is 3. The number of thiocarbonyl (C=S) groups is 1. The third-order valence-electron chi connectivity index (χ3n) is 3.84. The van der Waals surface area contributed by atoms with E-state index in [-0.39, 0.29) is 17.5 Å². The normalized spacial score (nSPS) is 16.9. The summed E-state index contributed by atoms with van der Waals surface area (Å²) in [5.74, 6) is -0.565. The SMILES string of the molecule is CC1=C(C(=O)Nc2ccc(F)cc2)[C@H](c2ccc(O)cc2)NC(=S)N1. The van der Waals surface area contributed by atoms with E-state index in [0.717, 1.165) is 5.56 Å². The molecular formula is C18H16FN3O2S. The molecule has 0 saturated carbocycles. The van der Waals surface area contributed by atoms with Crippen LogP contribution in [0.25, 0.3) is 0 Å². The van der Waals surface area contributed by atoms with Crippen molar-refractivity contribution in [1.29, 1.82) is 0 Å². The van der Waals surface area contributed by atoms with Crippen LogP contribution in [-0.4, -0.2) is 16.1 Å². The molecular weight excluding hydrogens is 341 g/mol. The largest absolute Gasteiger partial charge is 0.508 e. The Bertz CT molecular complexity index is 848. The van der Waals surface area contributed by atoms with Crippen LogP contribution in [0.5, 0.6) is 5.75 Å². The predicted molar refractivity (Wildman–Crippen MR) is 97.4 cm³/mol. The number of aromatic hydroxyl groups is 1. The third kappa shape index (κ3) is 3.77. The van der Waals surface area contributed by atoms with Crippen molar-refractivity contribution in [2.24, 2.45) is 0 Å². The van der Waals surface area contributed by atoms with Gasteiger partial charge in [0.2, 0.25) is 0 Å². The second-order valence-corrected chi connectivity index (χ2v) is 6.03. The van der Waals surface area contributed by atoms with Crippen LogP contribution >= 0.6 is 12.2 Å². The fourth-order valence-electron chi connectivity index (χ4n) is 2.64. The third-order valence-corrected chi connectivity index (χ3v) is 4.06. The summed E-state index contributed by atoms with van der Waals surface area (Å²) in [6.45, 7) is 1.76. The molecule has 0 unspecified atom stereocenters. The van der Waals surface area contributed by atoms with Crippen LogP contribution in [0, 0.1) is 5.82 Å². The molecule has 1 aliphatic rings. The number of anilines is 1. The van der Waals surface area contributed by atoms with Gasteiger partial charge in [-0.1, -0.05) is 12.1 Å². The molecule has 1 aliphatic heterocycles. The smallest absolute Gasteiger partial charge is 0.255 e. The lowest BCUT2D eigenvalue weighted by Crippen LogP contribution is -2.45. The quantitative estimate of drug-likeness (QED) is 0.636. The van der Waals surface area contributed by atoms with Crippen LogP contribution in [0.3, 0.4) is 0 Å². The summed E-state index contributed by atoms with van der Waals surface area (Å²) < 4.78 is 13.0. The van der Waals surface area contributed by atoms with E-state index >= 15 is 0 Å². The number of phenolic OH excluding ortho intramolecular Hbond substituents is 1. The summed E-state index contributed by atoms with van der Waals surface area (Å²) in [4.78, 5) is 12.8. The zero-order valence-electron chi connectivity index (χ0n) is 13.3. The number of hydrogen-bond donors (Lipinski definition) is 4. The molecule has 1 heterocycles. The molecule has 5 nitrogen and oxygen atoms in total. The molecule has 0 fully saturated rings. The number of halogens is 1. The van der Waals surface area contributed by atoms with E-state index in [9.17, 15) is 14.3 Å². The van der Waals surface area contributed by atoms with Crippen LogP contribution in [0.15, 0.2) is 59.8 Å². The van der Waals surface area contributed by atoms with E-state index in [1.807, 2.05) is 0 Å². The maximum atomic E-state index is 13.0. The van der Waals surface area contributed by atoms with Gasteiger partial charge in [-0.15, -0.1) is 0 Å². The summed E-state index contributed by atoms with van der Waals surface area (Å²) in [5.41, 5.74) is 2.36. The minimum absolute atomic E-state index is 0.137. The summed E-state index contributed by atoms with van der Waals surface area (Å²) in [5, 5.41) is 18.7. The predicted octanol–water partition coefficient (Wildman–Crippen LogP) is 2.96. The van der Waals surface area contributed by atoms with Gasteiger partial charge in [0.05, 0.1) is 11.6 Å². The zero-order chi connectivity index (χ0) is 18.0. The van der Waals surface area contributed by atoms with Crippen molar-refractivity contribution in [2.45, 2.75) is 13.0 Å². The molecule has 4 N–H and O–H groups in total. The lowest BCUT2D eigenvalue weighted by Gasteiger charge is -2.30. The van der Waals surface area contributed by atoms with Crippen LogP contribution in [0.4, 0.5) is 10.1 Å². The van der Waals surface area contributed by atoms with E-state index in [1.54, 1.807) is 31.2 Å². The van der Waals surface area contributed by atoms with Gasteiger partial charge in [0, 0.05) is 11.4 Å². The molecule has 3 rings (SSSR count). The van der Waals surface area contributed by atoms with E-state index < -0.39 is 6.04 Å². The van der Waals surface area contributed by atoms with Crippen LogP contribution in [-0.2, 0) is 4.79 Å². The highest BCUT2D eigenvalue weighted by molar-refractivity contribution is 7.80. The summed E-state index contributed by atoms with van der Waals surface area (Å²) >= 11 is 5.19. The van der Waals surface area contributed by atoms with Crippen molar-refractivity contribution in [3.63, 3.8) is 0 Å². The molecule has 7 heteroatoms. The Balaban J connectivity index is 1.92. The highest BCUT2D eigenvalue weighted by Crippen LogP contribution is 2.28. The highest BCUT2D eigenvalue weighted by atomic mass is 32.1. The van der Waals surface area contributed by atoms with Gasteiger partial charge in [0.15, 0.2) is 5.11 Å². The Hall–Kier alpha value is -2.93.